The quantitative estimate of drug-likeness (QED) is 0.579. The zero-order valence-electron chi connectivity index (χ0n) is 9.70. The highest BCUT2D eigenvalue weighted by Gasteiger charge is 2.38. The molecule has 2 rings (SSSR count). The molecular formula is C12H15NO5. The first-order chi connectivity index (χ1) is 8.60. The van der Waals surface area contributed by atoms with Gasteiger partial charge in [-0.3, -0.25) is 0 Å². The molecule has 1 aromatic carbocycles. The van der Waals surface area contributed by atoms with Gasteiger partial charge in [-0.05, 0) is 18.2 Å². The highest BCUT2D eigenvalue weighted by Crippen LogP contribution is 2.32. The molecular weight excluding hydrogens is 238 g/mol. The summed E-state index contributed by atoms with van der Waals surface area (Å²) in [6, 6.07) is 4.34. The summed E-state index contributed by atoms with van der Waals surface area (Å²) in [5.74, 6) is -0.444. The summed E-state index contributed by atoms with van der Waals surface area (Å²) < 4.78 is 0. The summed E-state index contributed by atoms with van der Waals surface area (Å²) in [6.45, 7) is -0.352. The molecule has 98 valence electrons. The van der Waals surface area contributed by atoms with Crippen LogP contribution in [0.3, 0.4) is 0 Å². The number of phenolic OH excluding ortho intramolecular Hbond substituents is 2. The van der Waals surface area contributed by atoms with Crippen molar-refractivity contribution in [2.75, 3.05) is 13.2 Å². The van der Waals surface area contributed by atoms with E-state index in [0.717, 1.165) is 0 Å². The number of nitrogens with zero attached hydrogens (tertiary/aromatic N) is 1. The molecule has 1 aliphatic rings. The second kappa shape index (κ2) is 4.83. The molecule has 1 aromatic rings. The maximum atomic E-state index is 9.42. The van der Waals surface area contributed by atoms with Crippen LogP contribution in [0.5, 0.6) is 11.5 Å². The van der Waals surface area contributed by atoms with E-state index in [2.05, 4.69) is 5.16 Å². The molecule has 0 aliphatic carbocycles. The Kier molecular flexibility index (Phi) is 3.40. The van der Waals surface area contributed by atoms with E-state index >= 15 is 0 Å². The van der Waals surface area contributed by atoms with Gasteiger partial charge in [0.25, 0.3) is 0 Å². The van der Waals surface area contributed by atoms with Crippen LogP contribution in [0.2, 0.25) is 0 Å². The lowest BCUT2D eigenvalue weighted by Gasteiger charge is -2.22. The van der Waals surface area contributed by atoms with Gasteiger partial charge in [-0.15, -0.1) is 0 Å². The van der Waals surface area contributed by atoms with E-state index in [4.69, 9.17) is 9.94 Å². The SMILES string of the molecule is OCCC1(CO)CC(c2ccc(O)c(O)c2)=NO1. The van der Waals surface area contributed by atoms with E-state index in [1.54, 1.807) is 6.07 Å². The van der Waals surface area contributed by atoms with Gasteiger partial charge in [-0.25, -0.2) is 0 Å². The molecule has 6 nitrogen and oxygen atoms in total. The Labute approximate surface area is 104 Å². The number of aliphatic hydroxyl groups is 2. The Bertz CT molecular complexity index is 474. The summed E-state index contributed by atoms with van der Waals surface area (Å²) >= 11 is 0. The second-order valence-electron chi connectivity index (χ2n) is 4.32. The maximum Gasteiger partial charge on any atom is 0.168 e. The second-order valence-corrected chi connectivity index (χ2v) is 4.32. The van der Waals surface area contributed by atoms with Crippen LogP contribution in [0.1, 0.15) is 18.4 Å². The first-order valence-corrected chi connectivity index (χ1v) is 5.59. The predicted octanol–water partition coefficient (Wildman–Crippen LogP) is 0.336. The van der Waals surface area contributed by atoms with Gasteiger partial charge in [0, 0.05) is 25.0 Å². The van der Waals surface area contributed by atoms with Crippen molar-refractivity contribution < 1.29 is 25.3 Å². The number of benzene rings is 1. The fourth-order valence-corrected chi connectivity index (χ4v) is 1.88. The van der Waals surface area contributed by atoms with Crippen LogP contribution < -0.4 is 0 Å². The van der Waals surface area contributed by atoms with E-state index < -0.39 is 5.60 Å². The van der Waals surface area contributed by atoms with Gasteiger partial charge in [0.15, 0.2) is 17.1 Å². The van der Waals surface area contributed by atoms with Crippen LogP contribution in [0.25, 0.3) is 0 Å². The van der Waals surface area contributed by atoms with Crippen LogP contribution in [0, 0.1) is 0 Å². The number of phenols is 2. The highest BCUT2D eigenvalue weighted by atomic mass is 16.7. The molecule has 4 N–H and O–H groups in total. The van der Waals surface area contributed by atoms with Gasteiger partial charge in [-0.1, -0.05) is 5.16 Å². The highest BCUT2D eigenvalue weighted by molar-refractivity contribution is 6.02. The Morgan fingerprint density at radius 3 is 2.61 bits per heavy atom. The summed E-state index contributed by atoms with van der Waals surface area (Å²) in [5.41, 5.74) is 0.281. The number of aliphatic hydroxyl groups excluding tert-OH is 2. The Hall–Kier alpha value is -1.79. The minimum atomic E-state index is -0.891. The molecule has 6 heteroatoms. The van der Waals surface area contributed by atoms with Gasteiger partial charge < -0.3 is 25.3 Å². The largest absolute Gasteiger partial charge is 0.504 e. The van der Waals surface area contributed by atoms with Gasteiger partial charge >= 0.3 is 0 Å². The van der Waals surface area contributed by atoms with Gasteiger partial charge in [-0.2, -0.15) is 0 Å². The number of hydrogen-bond donors (Lipinski definition) is 4. The summed E-state index contributed by atoms with van der Waals surface area (Å²) in [7, 11) is 0. The maximum absolute atomic E-state index is 9.42. The number of hydrogen-bond acceptors (Lipinski definition) is 6. The molecule has 0 bridgehead atoms. The minimum Gasteiger partial charge on any atom is -0.504 e. The molecule has 0 amide bonds. The molecule has 1 unspecified atom stereocenters. The number of aromatic hydroxyl groups is 2. The third kappa shape index (κ3) is 2.25. The van der Waals surface area contributed by atoms with Gasteiger partial charge in [0.1, 0.15) is 0 Å². The average Bonchev–Trinajstić information content (AvgIpc) is 2.78. The summed E-state index contributed by atoms with van der Waals surface area (Å²) in [5, 5.41) is 40.8. The third-order valence-electron chi connectivity index (χ3n) is 3.00. The minimum absolute atomic E-state index is 0.107. The predicted molar refractivity (Wildman–Crippen MR) is 63.5 cm³/mol. The van der Waals surface area contributed by atoms with Gasteiger partial charge in [0.05, 0.1) is 12.3 Å². The fraction of sp³-hybridized carbons (Fsp3) is 0.417. The zero-order valence-corrected chi connectivity index (χ0v) is 9.70. The number of rotatable bonds is 4. The zero-order chi connectivity index (χ0) is 13.2. The monoisotopic (exact) mass is 253 g/mol. The van der Waals surface area contributed by atoms with Crippen LogP contribution in [0.4, 0.5) is 0 Å². The smallest absolute Gasteiger partial charge is 0.168 e. The van der Waals surface area contributed by atoms with Crippen molar-refractivity contribution in [1.29, 1.82) is 0 Å². The molecule has 0 spiro atoms. The molecule has 1 aliphatic heterocycles. The molecule has 0 saturated carbocycles. The third-order valence-corrected chi connectivity index (χ3v) is 3.00. The van der Waals surface area contributed by atoms with Crippen LogP contribution in [-0.2, 0) is 4.84 Å². The van der Waals surface area contributed by atoms with Crippen LogP contribution >= 0.6 is 0 Å². The lowest BCUT2D eigenvalue weighted by atomic mass is 9.92. The van der Waals surface area contributed by atoms with Crippen molar-refractivity contribution in [3.8, 4) is 11.5 Å². The number of oxime groups is 1. The van der Waals surface area contributed by atoms with E-state index in [1.165, 1.54) is 12.1 Å². The van der Waals surface area contributed by atoms with E-state index in [9.17, 15) is 15.3 Å². The lowest BCUT2D eigenvalue weighted by molar-refractivity contribution is -0.0697. The Morgan fingerprint density at radius 2 is 2.00 bits per heavy atom. The van der Waals surface area contributed by atoms with Gasteiger partial charge in [0.2, 0.25) is 0 Å². The molecule has 0 radical (unpaired) electrons. The van der Waals surface area contributed by atoms with Crippen molar-refractivity contribution in [3.05, 3.63) is 23.8 Å². The molecule has 0 fully saturated rings. The lowest BCUT2D eigenvalue weighted by Crippen LogP contribution is -2.34. The Morgan fingerprint density at radius 1 is 1.22 bits per heavy atom. The molecule has 18 heavy (non-hydrogen) atoms. The van der Waals surface area contributed by atoms with Crippen molar-refractivity contribution in [1.82, 2.24) is 0 Å². The topological polar surface area (TPSA) is 103 Å². The van der Waals surface area contributed by atoms with Crippen molar-refractivity contribution in [2.45, 2.75) is 18.4 Å². The van der Waals surface area contributed by atoms with E-state index in [-0.39, 0.29) is 31.1 Å². The summed E-state index contributed by atoms with van der Waals surface area (Å²) in [6.07, 6.45) is 0.620. The normalized spacial score (nSPS) is 22.7. The molecule has 0 aromatic heterocycles. The Balaban J connectivity index is 2.19. The molecule has 0 saturated heterocycles. The first-order valence-electron chi connectivity index (χ1n) is 5.59. The van der Waals surface area contributed by atoms with E-state index in [0.29, 0.717) is 17.7 Å². The average molecular weight is 253 g/mol. The van der Waals surface area contributed by atoms with Crippen molar-refractivity contribution in [2.24, 2.45) is 5.16 Å². The molecule has 1 heterocycles. The summed E-state index contributed by atoms with van der Waals surface area (Å²) in [4.78, 5) is 5.20. The molecule has 1 atom stereocenters. The first kappa shape index (κ1) is 12.7. The van der Waals surface area contributed by atoms with E-state index in [1.807, 2.05) is 0 Å². The van der Waals surface area contributed by atoms with Crippen LogP contribution in [0.15, 0.2) is 23.4 Å². The van der Waals surface area contributed by atoms with Crippen molar-refractivity contribution in [3.63, 3.8) is 0 Å². The van der Waals surface area contributed by atoms with Crippen LogP contribution in [-0.4, -0.2) is 45.0 Å². The van der Waals surface area contributed by atoms with Crippen molar-refractivity contribution >= 4 is 5.71 Å². The fourth-order valence-electron chi connectivity index (χ4n) is 1.88. The standard InChI is InChI=1S/C12H15NO5/c14-4-3-12(7-15)6-9(13-18-12)8-1-2-10(16)11(17)5-8/h1-2,5,14-17H,3-4,6-7H2.